The number of aliphatic hydroxyl groups excluding tert-OH is 1. The molecule has 0 aliphatic carbocycles. The maximum absolute atomic E-state index is 9.54. The van der Waals surface area contributed by atoms with Gasteiger partial charge in [-0.1, -0.05) is 26.0 Å². The monoisotopic (exact) mass is 232 g/mol. The summed E-state index contributed by atoms with van der Waals surface area (Å²) >= 11 is 0. The maximum atomic E-state index is 9.54. The average Bonchev–Trinajstić information content (AvgIpc) is 2.47. The van der Waals surface area contributed by atoms with Gasteiger partial charge < -0.3 is 15.3 Å². The highest BCUT2D eigenvalue weighted by molar-refractivity contribution is 5.69. The molecule has 0 amide bonds. The molecule has 0 saturated carbocycles. The molecule has 2 heterocycles. The number of nitrogens with zero attached hydrogens (tertiary/aromatic N) is 1. The zero-order valence-corrected chi connectivity index (χ0v) is 10.6. The number of benzene rings is 1. The van der Waals surface area contributed by atoms with Crippen LogP contribution in [0.4, 0.5) is 5.69 Å². The van der Waals surface area contributed by atoms with Crippen molar-refractivity contribution >= 4 is 5.69 Å². The molecular weight excluding hydrogens is 212 g/mol. The minimum atomic E-state index is 0.146. The summed E-state index contributed by atoms with van der Waals surface area (Å²) in [5, 5.41) is 13.0. The summed E-state index contributed by atoms with van der Waals surface area (Å²) in [7, 11) is 0. The highest BCUT2D eigenvalue weighted by Gasteiger charge is 2.38. The van der Waals surface area contributed by atoms with Crippen LogP contribution in [0.3, 0.4) is 0 Å². The molecule has 3 nitrogen and oxygen atoms in total. The van der Waals surface area contributed by atoms with Crippen LogP contribution in [-0.2, 0) is 18.6 Å². The molecular formula is C14H20N2O. The molecule has 0 aromatic heterocycles. The summed E-state index contributed by atoms with van der Waals surface area (Å²) in [4.78, 5) is 2.48. The minimum Gasteiger partial charge on any atom is -0.392 e. The lowest BCUT2D eigenvalue weighted by molar-refractivity contribution is 0.279. The maximum Gasteiger partial charge on any atom is 0.0685 e. The zero-order valence-electron chi connectivity index (χ0n) is 10.6. The second kappa shape index (κ2) is 3.72. The van der Waals surface area contributed by atoms with Crippen LogP contribution in [0.2, 0.25) is 0 Å². The van der Waals surface area contributed by atoms with Gasteiger partial charge in [0, 0.05) is 37.3 Å². The van der Waals surface area contributed by atoms with E-state index >= 15 is 0 Å². The zero-order chi connectivity index (χ0) is 12.0. The number of nitrogens with one attached hydrogen (secondary N) is 1. The minimum absolute atomic E-state index is 0.146. The van der Waals surface area contributed by atoms with E-state index in [1.54, 1.807) is 0 Å². The molecule has 2 N–H and O–H groups in total. The van der Waals surface area contributed by atoms with Gasteiger partial charge in [0.15, 0.2) is 0 Å². The van der Waals surface area contributed by atoms with Crippen molar-refractivity contribution in [1.82, 2.24) is 5.32 Å². The van der Waals surface area contributed by atoms with E-state index in [0.717, 1.165) is 31.7 Å². The predicted octanol–water partition coefficient (Wildman–Crippen LogP) is 1.38. The normalized spacial score (nSPS) is 21.2. The fourth-order valence-electron chi connectivity index (χ4n) is 3.33. The van der Waals surface area contributed by atoms with Crippen molar-refractivity contribution in [3.8, 4) is 0 Å². The van der Waals surface area contributed by atoms with Crippen LogP contribution in [0.1, 0.15) is 30.5 Å². The lowest BCUT2D eigenvalue weighted by atomic mass is 9.83. The Morgan fingerprint density at radius 1 is 1.41 bits per heavy atom. The van der Waals surface area contributed by atoms with Crippen molar-refractivity contribution in [1.29, 1.82) is 0 Å². The molecule has 3 rings (SSSR count). The Morgan fingerprint density at radius 3 is 3.00 bits per heavy atom. The van der Waals surface area contributed by atoms with Gasteiger partial charge in [-0.05, 0) is 16.7 Å². The van der Waals surface area contributed by atoms with Gasteiger partial charge in [0.05, 0.1) is 6.61 Å². The molecule has 0 saturated heterocycles. The summed E-state index contributed by atoms with van der Waals surface area (Å²) in [6.07, 6.45) is 0. The van der Waals surface area contributed by atoms with E-state index in [1.807, 2.05) is 0 Å². The van der Waals surface area contributed by atoms with Crippen molar-refractivity contribution in [2.45, 2.75) is 32.4 Å². The summed E-state index contributed by atoms with van der Waals surface area (Å²) < 4.78 is 0. The van der Waals surface area contributed by atoms with Crippen LogP contribution in [0.5, 0.6) is 0 Å². The molecule has 0 radical (unpaired) electrons. The fraction of sp³-hybridized carbons (Fsp3) is 0.571. The van der Waals surface area contributed by atoms with E-state index in [4.69, 9.17) is 0 Å². The quantitative estimate of drug-likeness (QED) is 0.768. The van der Waals surface area contributed by atoms with Gasteiger partial charge in [0.2, 0.25) is 0 Å². The topological polar surface area (TPSA) is 35.5 Å². The SMILES string of the molecule is CC1(C)CN2CCNCc3ccc(CO)c1c32. The Labute approximate surface area is 102 Å². The van der Waals surface area contributed by atoms with Crippen molar-refractivity contribution in [3.05, 3.63) is 28.8 Å². The van der Waals surface area contributed by atoms with Crippen LogP contribution in [-0.4, -0.2) is 24.7 Å². The largest absolute Gasteiger partial charge is 0.392 e. The van der Waals surface area contributed by atoms with Crippen LogP contribution in [0.15, 0.2) is 12.1 Å². The third-order valence-electron chi connectivity index (χ3n) is 3.97. The van der Waals surface area contributed by atoms with Gasteiger partial charge in [-0.15, -0.1) is 0 Å². The van der Waals surface area contributed by atoms with E-state index in [1.165, 1.54) is 16.8 Å². The van der Waals surface area contributed by atoms with Crippen molar-refractivity contribution in [3.63, 3.8) is 0 Å². The van der Waals surface area contributed by atoms with Crippen LogP contribution >= 0.6 is 0 Å². The van der Waals surface area contributed by atoms with Crippen LogP contribution in [0.25, 0.3) is 0 Å². The highest BCUT2D eigenvalue weighted by atomic mass is 16.3. The number of aliphatic hydroxyl groups is 1. The Balaban J connectivity index is 2.24. The highest BCUT2D eigenvalue weighted by Crippen LogP contribution is 2.45. The first-order chi connectivity index (χ1) is 8.13. The molecule has 0 atom stereocenters. The van der Waals surface area contributed by atoms with E-state index in [-0.39, 0.29) is 12.0 Å². The van der Waals surface area contributed by atoms with Gasteiger partial charge in [-0.25, -0.2) is 0 Å². The molecule has 3 heteroatoms. The van der Waals surface area contributed by atoms with E-state index in [9.17, 15) is 5.11 Å². The Bertz CT molecular complexity index is 454. The van der Waals surface area contributed by atoms with Crippen molar-refractivity contribution in [2.24, 2.45) is 0 Å². The van der Waals surface area contributed by atoms with Gasteiger partial charge in [0.1, 0.15) is 0 Å². The first kappa shape index (κ1) is 11.1. The predicted molar refractivity (Wildman–Crippen MR) is 69.3 cm³/mol. The second-order valence-electron chi connectivity index (χ2n) is 5.75. The molecule has 0 bridgehead atoms. The van der Waals surface area contributed by atoms with E-state index in [0.29, 0.717) is 0 Å². The van der Waals surface area contributed by atoms with Crippen molar-refractivity contribution in [2.75, 3.05) is 24.5 Å². The molecule has 17 heavy (non-hydrogen) atoms. The summed E-state index contributed by atoms with van der Waals surface area (Å²) in [6, 6.07) is 4.25. The molecule has 0 unspecified atom stereocenters. The van der Waals surface area contributed by atoms with E-state index in [2.05, 4.69) is 36.2 Å². The number of anilines is 1. The van der Waals surface area contributed by atoms with Crippen LogP contribution < -0.4 is 10.2 Å². The standard InChI is InChI=1S/C14H20N2O/c1-14(2)9-16-6-5-15-7-10-3-4-11(8-17)12(14)13(10)16/h3-4,15,17H,5-9H2,1-2H3. The molecule has 1 aromatic carbocycles. The average molecular weight is 232 g/mol. The Morgan fingerprint density at radius 2 is 2.24 bits per heavy atom. The van der Waals surface area contributed by atoms with Gasteiger partial charge in [0.25, 0.3) is 0 Å². The molecule has 2 aliphatic heterocycles. The molecule has 0 spiro atoms. The number of hydrogen-bond donors (Lipinski definition) is 2. The van der Waals surface area contributed by atoms with Gasteiger partial charge in [-0.3, -0.25) is 0 Å². The third kappa shape index (κ3) is 1.57. The first-order valence-electron chi connectivity index (χ1n) is 6.35. The molecule has 2 aliphatic rings. The van der Waals surface area contributed by atoms with Crippen molar-refractivity contribution < 1.29 is 5.11 Å². The second-order valence-corrected chi connectivity index (χ2v) is 5.75. The smallest absolute Gasteiger partial charge is 0.0685 e. The van der Waals surface area contributed by atoms with Crippen LogP contribution in [0, 0.1) is 0 Å². The first-order valence-corrected chi connectivity index (χ1v) is 6.35. The summed E-state index contributed by atoms with van der Waals surface area (Å²) in [5.41, 5.74) is 5.37. The van der Waals surface area contributed by atoms with E-state index < -0.39 is 0 Å². The van der Waals surface area contributed by atoms with Gasteiger partial charge >= 0.3 is 0 Å². The molecule has 1 aromatic rings. The Kier molecular flexibility index (Phi) is 2.42. The Hall–Kier alpha value is -1.06. The number of rotatable bonds is 1. The lowest BCUT2D eigenvalue weighted by Crippen LogP contribution is -2.32. The number of hydrogen-bond acceptors (Lipinski definition) is 3. The summed E-state index contributed by atoms with van der Waals surface area (Å²) in [6.45, 7) is 8.83. The third-order valence-corrected chi connectivity index (χ3v) is 3.97. The molecule has 0 fully saturated rings. The lowest BCUT2D eigenvalue weighted by Gasteiger charge is -2.22. The van der Waals surface area contributed by atoms with Gasteiger partial charge in [-0.2, -0.15) is 0 Å². The molecule has 92 valence electrons. The summed E-state index contributed by atoms with van der Waals surface area (Å²) in [5.74, 6) is 0. The fourth-order valence-corrected chi connectivity index (χ4v) is 3.33.